The quantitative estimate of drug-likeness (QED) is 0.444. The smallest absolute Gasteiger partial charge is 0.410 e. The standard InChI is InChI=1S/C25H37F3N2O2/c1-29(24(31)32-23-13-11-22(12-14-23)25(26,27)28)19-15-21-9-7-20(8-10-21)6-5-18-30-16-3-2-4-17-30/h11-14,20-21H,2-10,15-19H2,1H3/t20-,21-. The number of nitrogens with zero attached hydrogens (tertiary/aromatic N) is 2. The Morgan fingerprint density at radius 2 is 1.59 bits per heavy atom. The molecule has 0 radical (unpaired) electrons. The van der Waals surface area contributed by atoms with Crippen molar-refractivity contribution in [2.75, 3.05) is 33.2 Å². The van der Waals surface area contributed by atoms with Crippen LogP contribution in [0.1, 0.15) is 69.8 Å². The number of ether oxygens (including phenoxy) is 1. The molecule has 1 heterocycles. The van der Waals surface area contributed by atoms with Gasteiger partial charge in [-0.25, -0.2) is 4.79 Å². The first-order valence-corrected chi connectivity index (χ1v) is 12.1. The van der Waals surface area contributed by atoms with Crippen LogP contribution in [-0.4, -0.2) is 49.1 Å². The number of halogens is 3. The van der Waals surface area contributed by atoms with Crippen molar-refractivity contribution in [2.45, 2.75) is 70.4 Å². The first-order valence-electron chi connectivity index (χ1n) is 12.1. The molecule has 0 atom stereocenters. The highest BCUT2D eigenvalue weighted by Crippen LogP contribution is 2.34. The van der Waals surface area contributed by atoms with Gasteiger partial charge < -0.3 is 14.5 Å². The van der Waals surface area contributed by atoms with Crippen molar-refractivity contribution < 1.29 is 22.7 Å². The molecule has 1 aliphatic heterocycles. The van der Waals surface area contributed by atoms with Crippen LogP contribution in [0.5, 0.6) is 5.75 Å². The highest BCUT2D eigenvalue weighted by Gasteiger charge is 2.30. The van der Waals surface area contributed by atoms with E-state index in [9.17, 15) is 18.0 Å². The van der Waals surface area contributed by atoms with E-state index in [-0.39, 0.29) is 5.75 Å². The molecule has 2 aliphatic rings. The van der Waals surface area contributed by atoms with Crippen LogP contribution in [0.4, 0.5) is 18.0 Å². The third kappa shape index (κ3) is 7.98. The zero-order valence-electron chi connectivity index (χ0n) is 19.2. The number of amides is 1. The lowest BCUT2D eigenvalue weighted by Gasteiger charge is -2.31. The van der Waals surface area contributed by atoms with Gasteiger partial charge in [0, 0.05) is 13.6 Å². The molecule has 0 bridgehead atoms. The van der Waals surface area contributed by atoms with Crippen molar-refractivity contribution in [1.29, 1.82) is 0 Å². The molecule has 0 unspecified atom stereocenters. The Morgan fingerprint density at radius 1 is 1.00 bits per heavy atom. The Balaban J connectivity index is 1.29. The van der Waals surface area contributed by atoms with E-state index in [2.05, 4.69) is 4.90 Å². The fraction of sp³-hybridized carbons (Fsp3) is 0.720. The van der Waals surface area contributed by atoms with Gasteiger partial charge in [-0.3, -0.25) is 0 Å². The molecule has 7 heteroatoms. The van der Waals surface area contributed by atoms with Gasteiger partial charge in [-0.05, 0) is 87.8 Å². The van der Waals surface area contributed by atoms with Crippen molar-refractivity contribution in [1.82, 2.24) is 9.80 Å². The number of alkyl halides is 3. The number of piperidine rings is 1. The fourth-order valence-electron chi connectivity index (χ4n) is 4.95. The minimum atomic E-state index is -4.40. The van der Waals surface area contributed by atoms with E-state index in [1.807, 2.05) is 0 Å². The second-order valence-electron chi connectivity index (χ2n) is 9.53. The van der Waals surface area contributed by atoms with Crippen LogP contribution in [0.15, 0.2) is 24.3 Å². The lowest BCUT2D eigenvalue weighted by atomic mass is 9.78. The van der Waals surface area contributed by atoms with Crippen molar-refractivity contribution in [2.24, 2.45) is 11.8 Å². The maximum Gasteiger partial charge on any atom is 0.416 e. The number of carbonyl (C=O) groups excluding carboxylic acids is 1. The van der Waals surface area contributed by atoms with Crippen LogP contribution in [-0.2, 0) is 6.18 Å². The van der Waals surface area contributed by atoms with Crippen molar-refractivity contribution in [3.05, 3.63) is 29.8 Å². The van der Waals surface area contributed by atoms with Gasteiger partial charge in [0.05, 0.1) is 5.56 Å². The molecule has 2 fully saturated rings. The first kappa shape index (κ1) is 24.9. The third-order valence-corrected chi connectivity index (χ3v) is 7.07. The molecule has 1 amide bonds. The van der Waals surface area contributed by atoms with Crippen LogP contribution in [0.3, 0.4) is 0 Å². The van der Waals surface area contributed by atoms with E-state index in [1.54, 1.807) is 7.05 Å². The highest BCUT2D eigenvalue weighted by molar-refractivity contribution is 5.70. The van der Waals surface area contributed by atoms with Gasteiger partial charge in [0.1, 0.15) is 5.75 Å². The van der Waals surface area contributed by atoms with Crippen LogP contribution in [0.2, 0.25) is 0 Å². The minimum Gasteiger partial charge on any atom is -0.410 e. The third-order valence-electron chi connectivity index (χ3n) is 7.07. The summed E-state index contributed by atoms with van der Waals surface area (Å²) in [6.07, 6.45) is 7.77. The van der Waals surface area contributed by atoms with Crippen LogP contribution in [0.25, 0.3) is 0 Å². The number of hydrogen-bond donors (Lipinski definition) is 0. The Kier molecular flexibility index (Phi) is 9.26. The number of carbonyl (C=O) groups is 1. The summed E-state index contributed by atoms with van der Waals surface area (Å²) in [7, 11) is 1.68. The summed E-state index contributed by atoms with van der Waals surface area (Å²) in [6, 6.07) is 4.21. The molecule has 0 N–H and O–H groups in total. The molecule has 180 valence electrons. The second-order valence-corrected chi connectivity index (χ2v) is 9.53. The summed E-state index contributed by atoms with van der Waals surface area (Å²) < 4.78 is 43.1. The normalized spacial score (nSPS) is 22.5. The van der Waals surface area contributed by atoms with Gasteiger partial charge in [-0.1, -0.05) is 32.1 Å². The first-order chi connectivity index (χ1) is 15.3. The second kappa shape index (κ2) is 11.9. The van der Waals surface area contributed by atoms with E-state index in [1.165, 1.54) is 94.5 Å². The summed E-state index contributed by atoms with van der Waals surface area (Å²) >= 11 is 0. The van der Waals surface area contributed by atoms with Crippen LogP contribution < -0.4 is 4.74 Å². The minimum absolute atomic E-state index is 0.125. The average Bonchev–Trinajstić information content (AvgIpc) is 2.79. The molecule has 1 saturated carbocycles. The van der Waals surface area contributed by atoms with E-state index in [0.29, 0.717) is 12.5 Å². The molecule has 0 aromatic heterocycles. The molecular formula is C25H37F3N2O2. The van der Waals surface area contributed by atoms with E-state index in [4.69, 9.17) is 4.74 Å². The molecule has 1 aliphatic carbocycles. The Hall–Kier alpha value is -1.76. The molecule has 1 saturated heterocycles. The number of rotatable bonds is 8. The van der Waals surface area contributed by atoms with Gasteiger partial charge in [-0.2, -0.15) is 13.2 Å². The van der Waals surface area contributed by atoms with E-state index >= 15 is 0 Å². The van der Waals surface area contributed by atoms with Crippen molar-refractivity contribution in [3.8, 4) is 5.75 Å². The molecule has 0 spiro atoms. The van der Waals surface area contributed by atoms with Crippen molar-refractivity contribution >= 4 is 6.09 Å². The monoisotopic (exact) mass is 454 g/mol. The lowest BCUT2D eigenvalue weighted by molar-refractivity contribution is -0.137. The van der Waals surface area contributed by atoms with Crippen LogP contribution >= 0.6 is 0 Å². The van der Waals surface area contributed by atoms with E-state index < -0.39 is 17.8 Å². The van der Waals surface area contributed by atoms with Gasteiger partial charge in [0.15, 0.2) is 0 Å². The van der Waals surface area contributed by atoms with Crippen molar-refractivity contribution in [3.63, 3.8) is 0 Å². The molecule has 1 aromatic rings. The van der Waals surface area contributed by atoms with Crippen LogP contribution in [0, 0.1) is 11.8 Å². The molecule has 32 heavy (non-hydrogen) atoms. The van der Waals surface area contributed by atoms with Gasteiger partial charge in [0.2, 0.25) is 0 Å². The van der Waals surface area contributed by atoms with E-state index in [0.717, 1.165) is 24.5 Å². The highest BCUT2D eigenvalue weighted by atomic mass is 19.4. The summed E-state index contributed by atoms with van der Waals surface area (Å²) in [5.41, 5.74) is -0.757. The van der Waals surface area contributed by atoms with Gasteiger partial charge in [0.25, 0.3) is 0 Å². The maximum atomic E-state index is 12.6. The Bertz CT molecular complexity index is 694. The summed E-state index contributed by atoms with van der Waals surface area (Å²) in [5, 5.41) is 0. The number of hydrogen-bond acceptors (Lipinski definition) is 3. The average molecular weight is 455 g/mol. The predicted molar refractivity (Wildman–Crippen MR) is 120 cm³/mol. The Morgan fingerprint density at radius 3 is 2.19 bits per heavy atom. The Labute approximate surface area is 190 Å². The summed E-state index contributed by atoms with van der Waals surface area (Å²) in [6.45, 7) is 4.42. The van der Waals surface area contributed by atoms with Gasteiger partial charge >= 0.3 is 12.3 Å². The summed E-state index contributed by atoms with van der Waals surface area (Å²) in [4.78, 5) is 16.4. The number of likely N-dealkylation sites (tertiary alicyclic amines) is 1. The van der Waals surface area contributed by atoms with Gasteiger partial charge in [-0.15, -0.1) is 0 Å². The summed E-state index contributed by atoms with van der Waals surface area (Å²) in [5.74, 6) is 1.60. The molecule has 1 aromatic carbocycles. The maximum absolute atomic E-state index is 12.6. The molecule has 4 nitrogen and oxygen atoms in total. The zero-order valence-corrected chi connectivity index (χ0v) is 19.2. The predicted octanol–water partition coefficient (Wildman–Crippen LogP) is 6.60. The lowest BCUT2D eigenvalue weighted by Crippen LogP contribution is -2.32. The molecule has 3 rings (SSSR count). The topological polar surface area (TPSA) is 32.8 Å². The fourth-order valence-corrected chi connectivity index (χ4v) is 4.95. The number of benzene rings is 1. The zero-order chi connectivity index (χ0) is 23.0. The SMILES string of the molecule is CN(CC[C@H]1CC[C@H](CCCN2CCCCC2)CC1)C(=O)Oc1ccc(C(F)(F)F)cc1. The largest absolute Gasteiger partial charge is 0.416 e. The molecular weight excluding hydrogens is 417 g/mol.